The van der Waals surface area contributed by atoms with E-state index >= 15 is 0 Å². The minimum absolute atomic E-state index is 0.0327. The van der Waals surface area contributed by atoms with Gasteiger partial charge in [-0.15, -0.1) is 0 Å². The first-order valence-corrected chi connectivity index (χ1v) is 5.32. The Kier molecular flexibility index (Phi) is 4.19. The summed E-state index contributed by atoms with van der Waals surface area (Å²) in [4.78, 5) is 7.97. The van der Waals surface area contributed by atoms with Crippen LogP contribution in [-0.2, 0) is 0 Å². The minimum atomic E-state index is -0.597. The van der Waals surface area contributed by atoms with E-state index < -0.39 is 5.82 Å². The molecule has 5 heteroatoms. The van der Waals surface area contributed by atoms with E-state index in [9.17, 15) is 4.39 Å². The fraction of sp³-hybridized carbons (Fsp3) is 0.385. The first-order valence-electron chi connectivity index (χ1n) is 5.32. The Hall–Kier alpha value is -2.18. The molecule has 0 unspecified atom stereocenters. The molecule has 0 fully saturated rings. The van der Waals surface area contributed by atoms with Crippen molar-refractivity contribution in [2.45, 2.75) is 26.3 Å². The fourth-order valence-corrected chi connectivity index (χ4v) is 1.11. The molecule has 0 saturated heterocycles. The van der Waals surface area contributed by atoms with Crippen molar-refractivity contribution in [3.8, 4) is 11.8 Å². The van der Waals surface area contributed by atoms with E-state index in [-0.39, 0.29) is 22.5 Å². The van der Waals surface area contributed by atoms with Gasteiger partial charge >= 0.3 is 0 Å². The Morgan fingerprint density at radius 2 is 2.00 bits per heavy atom. The van der Waals surface area contributed by atoms with Crippen LogP contribution in [0.5, 0.6) is 5.75 Å². The number of rotatable bonds is 2. The molecule has 0 aliphatic rings. The zero-order valence-corrected chi connectivity index (χ0v) is 10.8. The summed E-state index contributed by atoms with van der Waals surface area (Å²) in [6, 6.07) is 6.80. The van der Waals surface area contributed by atoms with Crippen LogP contribution in [0.15, 0.2) is 22.1 Å². The second kappa shape index (κ2) is 5.44. The average molecular weight is 247 g/mol. The van der Waals surface area contributed by atoms with Gasteiger partial charge in [-0.3, -0.25) is 0 Å². The summed E-state index contributed by atoms with van der Waals surface area (Å²) in [7, 11) is 1.35. The molecule has 0 aromatic heterocycles. The quantitative estimate of drug-likeness (QED) is 0.753. The Morgan fingerprint density at radius 3 is 2.50 bits per heavy atom. The number of hydrogen-bond acceptors (Lipinski definition) is 4. The number of halogens is 1. The van der Waals surface area contributed by atoms with Crippen molar-refractivity contribution >= 4 is 11.7 Å². The molecule has 94 valence electrons. The highest BCUT2D eigenvalue weighted by Crippen LogP contribution is 2.27. The monoisotopic (exact) mass is 247 g/mol. The molecule has 4 nitrogen and oxygen atoms in total. The van der Waals surface area contributed by atoms with Gasteiger partial charge in [0, 0.05) is 6.07 Å². The molecule has 0 atom stereocenters. The van der Waals surface area contributed by atoms with Crippen molar-refractivity contribution in [1.82, 2.24) is 0 Å². The number of benzene rings is 1. The number of aliphatic imine (C=N–C) groups is 2. The van der Waals surface area contributed by atoms with Crippen LogP contribution in [0.2, 0.25) is 0 Å². The number of nitrogens with zero attached hydrogens (tertiary/aromatic N) is 3. The molecule has 0 amide bonds. The third-order valence-electron chi connectivity index (χ3n) is 1.95. The smallest absolute Gasteiger partial charge is 0.166 e. The van der Waals surface area contributed by atoms with Crippen molar-refractivity contribution in [2.24, 2.45) is 9.98 Å². The zero-order chi connectivity index (χ0) is 13.8. The van der Waals surface area contributed by atoms with E-state index in [2.05, 4.69) is 16.0 Å². The number of nitriles is 1. The Labute approximate surface area is 105 Å². The van der Waals surface area contributed by atoms with Gasteiger partial charge in [0.05, 0.1) is 29.9 Å². The molecule has 0 aliphatic heterocycles. The van der Waals surface area contributed by atoms with Crippen LogP contribution >= 0.6 is 0 Å². The van der Waals surface area contributed by atoms with Crippen LogP contribution in [0.1, 0.15) is 26.3 Å². The van der Waals surface area contributed by atoms with Crippen LogP contribution in [0.4, 0.5) is 10.1 Å². The van der Waals surface area contributed by atoms with E-state index in [1.165, 1.54) is 13.2 Å². The lowest BCUT2D eigenvalue weighted by Crippen LogP contribution is -2.07. The first-order chi connectivity index (χ1) is 8.37. The predicted molar refractivity (Wildman–Crippen MR) is 66.9 cm³/mol. The summed E-state index contributed by atoms with van der Waals surface area (Å²) in [5, 5.41) is 8.89. The standard InChI is InChI=1S/C13H14FN3O/c1-13(2,3)17-8-16-11-6-12(18-4)10(14)5-9(11)7-15/h5-6H,1-4H3. The Morgan fingerprint density at radius 1 is 1.33 bits per heavy atom. The summed E-state index contributed by atoms with van der Waals surface area (Å²) < 4.78 is 18.2. The maximum atomic E-state index is 13.4. The lowest BCUT2D eigenvalue weighted by atomic mass is 10.1. The summed E-state index contributed by atoms with van der Waals surface area (Å²) >= 11 is 0. The van der Waals surface area contributed by atoms with Crippen LogP contribution in [0, 0.1) is 17.1 Å². The molecular weight excluding hydrogens is 233 g/mol. The molecule has 0 aliphatic carbocycles. The Bertz CT molecular complexity index is 547. The molecule has 1 aromatic rings. The predicted octanol–water partition coefficient (Wildman–Crippen LogP) is 3.31. The third-order valence-corrected chi connectivity index (χ3v) is 1.95. The van der Waals surface area contributed by atoms with E-state index in [0.717, 1.165) is 6.07 Å². The molecule has 0 saturated carbocycles. The molecule has 1 rings (SSSR count). The highest BCUT2D eigenvalue weighted by atomic mass is 19.1. The molecule has 0 heterocycles. The van der Waals surface area contributed by atoms with Crippen LogP contribution in [0.25, 0.3) is 0 Å². The van der Waals surface area contributed by atoms with E-state index in [4.69, 9.17) is 10.00 Å². The molecule has 0 radical (unpaired) electrons. The maximum Gasteiger partial charge on any atom is 0.166 e. The molecule has 0 N–H and O–H groups in total. The van der Waals surface area contributed by atoms with Crippen LogP contribution < -0.4 is 4.74 Å². The van der Waals surface area contributed by atoms with Gasteiger partial charge in [-0.1, -0.05) is 0 Å². The third kappa shape index (κ3) is 3.69. The number of methoxy groups -OCH3 is 1. The second-order valence-electron chi connectivity index (χ2n) is 4.61. The normalized spacial score (nSPS) is 10.2. The van der Waals surface area contributed by atoms with Gasteiger partial charge in [-0.25, -0.2) is 9.38 Å². The SMILES string of the molecule is COc1cc(N=C=NC(C)(C)C)c(C#N)cc1F. The van der Waals surface area contributed by atoms with Crippen molar-refractivity contribution in [3.63, 3.8) is 0 Å². The topological polar surface area (TPSA) is 57.7 Å². The van der Waals surface area contributed by atoms with Gasteiger partial charge < -0.3 is 4.74 Å². The summed E-state index contributed by atoms with van der Waals surface area (Å²) in [5.74, 6) is -0.564. The van der Waals surface area contributed by atoms with Crippen molar-refractivity contribution in [1.29, 1.82) is 5.26 Å². The van der Waals surface area contributed by atoms with Gasteiger partial charge in [0.25, 0.3) is 0 Å². The zero-order valence-electron chi connectivity index (χ0n) is 10.8. The summed E-state index contributed by atoms with van der Waals surface area (Å²) in [6.07, 6.45) is 0. The largest absolute Gasteiger partial charge is 0.494 e. The molecule has 18 heavy (non-hydrogen) atoms. The van der Waals surface area contributed by atoms with Gasteiger partial charge in [-0.05, 0) is 26.8 Å². The van der Waals surface area contributed by atoms with Crippen LogP contribution in [-0.4, -0.2) is 18.7 Å². The first kappa shape index (κ1) is 13.9. The highest BCUT2D eigenvalue weighted by molar-refractivity contribution is 5.62. The van der Waals surface area contributed by atoms with Gasteiger partial charge in [0.2, 0.25) is 0 Å². The number of ether oxygens (including phenoxy) is 1. The fourth-order valence-electron chi connectivity index (χ4n) is 1.11. The number of hydrogen-bond donors (Lipinski definition) is 0. The summed E-state index contributed by atoms with van der Waals surface area (Å²) in [5.41, 5.74) is 0.0918. The van der Waals surface area contributed by atoms with Gasteiger partial charge in [0.1, 0.15) is 6.07 Å². The maximum absolute atomic E-state index is 13.4. The molecular formula is C13H14FN3O. The van der Waals surface area contributed by atoms with E-state index in [1.54, 1.807) is 0 Å². The highest BCUT2D eigenvalue weighted by Gasteiger charge is 2.09. The molecule has 1 aromatic carbocycles. The minimum Gasteiger partial charge on any atom is -0.494 e. The van der Waals surface area contributed by atoms with Crippen molar-refractivity contribution in [2.75, 3.05) is 7.11 Å². The lowest BCUT2D eigenvalue weighted by Gasteiger charge is -2.07. The molecule has 0 bridgehead atoms. The summed E-state index contributed by atoms with van der Waals surface area (Å²) in [6.45, 7) is 5.68. The van der Waals surface area contributed by atoms with Gasteiger partial charge in [0.15, 0.2) is 11.6 Å². The van der Waals surface area contributed by atoms with Crippen LogP contribution in [0.3, 0.4) is 0 Å². The van der Waals surface area contributed by atoms with Crippen molar-refractivity contribution < 1.29 is 9.13 Å². The van der Waals surface area contributed by atoms with Gasteiger partial charge in [-0.2, -0.15) is 10.3 Å². The Balaban J connectivity index is 3.24. The van der Waals surface area contributed by atoms with E-state index in [0.29, 0.717) is 0 Å². The van der Waals surface area contributed by atoms with E-state index in [1.807, 2.05) is 26.8 Å². The molecule has 0 spiro atoms. The van der Waals surface area contributed by atoms with Crippen molar-refractivity contribution in [3.05, 3.63) is 23.5 Å². The second-order valence-corrected chi connectivity index (χ2v) is 4.61. The lowest BCUT2D eigenvalue weighted by molar-refractivity contribution is 0.386. The average Bonchev–Trinajstić information content (AvgIpc) is 2.28.